The first-order chi connectivity index (χ1) is 14.1. The van der Waals surface area contributed by atoms with Crippen molar-refractivity contribution in [3.8, 4) is 0 Å². The second kappa shape index (κ2) is 10.1. The molecular formula is C21H31N5O3. The number of anilines is 1. The lowest BCUT2D eigenvalue weighted by atomic mass is 10.1. The molecule has 29 heavy (non-hydrogen) atoms. The molecule has 2 fully saturated rings. The van der Waals surface area contributed by atoms with Crippen LogP contribution in [0.15, 0.2) is 29.3 Å². The Labute approximate surface area is 172 Å². The molecule has 1 aliphatic carbocycles. The minimum Gasteiger partial charge on any atom is -0.453 e. The van der Waals surface area contributed by atoms with E-state index in [1.54, 1.807) is 7.05 Å². The van der Waals surface area contributed by atoms with Gasteiger partial charge in [-0.15, -0.1) is 0 Å². The summed E-state index contributed by atoms with van der Waals surface area (Å²) in [7, 11) is 3.08. The number of likely N-dealkylation sites (tertiary alicyclic amines) is 1. The number of carbonyl (C=O) groups excluding carboxylic acids is 2. The van der Waals surface area contributed by atoms with Crippen LogP contribution in [0.4, 0.5) is 10.5 Å². The third-order valence-electron chi connectivity index (χ3n) is 5.61. The van der Waals surface area contributed by atoms with Gasteiger partial charge in [-0.25, -0.2) is 4.79 Å². The molecule has 0 radical (unpaired) electrons. The number of methoxy groups -OCH3 is 1. The summed E-state index contributed by atoms with van der Waals surface area (Å²) in [5.41, 5.74) is 1.74. The normalized spacial score (nSPS) is 19.9. The fourth-order valence-corrected chi connectivity index (χ4v) is 3.96. The number of amides is 2. The van der Waals surface area contributed by atoms with Crippen molar-refractivity contribution in [1.29, 1.82) is 0 Å². The Balaban J connectivity index is 1.44. The molecule has 8 nitrogen and oxygen atoms in total. The zero-order valence-electron chi connectivity index (χ0n) is 17.2. The summed E-state index contributed by atoms with van der Waals surface area (Å²) in [6.07, 6.45) is 4.91. The van der Waals surface area contributed by atoms with Gasteiger partial charge in [-0.3, -0.25) is 15.1 Å². The fraction of sp³-hybridized carbons (Fsp3) is 0.571. The van der Waals surface area contributed by atoms with E-state index in [2.05, 4.69) is 25.7 Å². The Hall–Kier alpha value is -2.77. The molecule has 2 aliphatic rings. The van der Waals surface area contributed by atoms with Gasteiger partial charge in [-0.05, 0) is 37.0 Å². The predicted molar refractivity (Wildman–Crippen MR) is 113 cm³/mol. The maximum atomic E-state index is 12.6. The monoisotopic (exact) mass is 401 g/mol. The second-order valence-corrected chi connectivity index (χ2v) is 7.63. The van der Waals surface area contributed by atoms with Gasteiger partial charge in [-0.1, -0.05) is 25.0 Å². The van der Waals surface area contributed by atoms with Crippen molar-refractivity contribution in [3.05, 3.63) is 29.8 Å². The van der Waals surface area contributed by atoms with Crippen LogP contribution in [0.1, 0.15) is 37.7 Å². The molecule has 3 rings (SSSR count). The lowest BCUT2D eigenvalue weighted by molar-refractivity contribution is -0.134. The van der Waals surface area contributed by atoms with Gasteiger partial charge in [0.15, 0.2) is 5.96 Å². The highest BCUT2D eigenvalue weighted by Crippen LogP contribution is 2.27. The van der Waals surface area contributed by atoms with Crippen LogP contribution in [0, 0.1) is 5.92 Å². The molecule has 0 aromatic heterocycles. The molecule has 158 valence electrons. The quantitative estimate of drug-likeness (QED) is 0.520. The summed E-state index contributed by atoms with van der Waals surface area (Å²) in [6.45, 7) is 2.16. The fourth-order valence-electron chi connectivity index (χ4n) is 3.96. The molecule has 1 aromatic rings. The van der Waals surface area contributed by atoms with Crippen molar-refractivity contribution >= 4 is 23.6 Å². The van der Waals surface area contributed by atoms with E-state index in [4.69, 9.17) is 0 Å². The summed E-state index contributed by atoms with van der Waals surface area (Å²) < 4.78 is 4.58. The van der Waals surface area contributed by atoms with E-state index in [1.807, 2.05) is 29.2 Å². The second-order valence-electron chi connectivity index (χ2n) is 7.63. The topological polar surface area (TPSA) is 95.1 Å². The van der Waals surface area contributed by atoms with E-state index in [9.17, 15) is 9.59 Å². The maximum Gasteiger partial charge on any atom is 0.411 e. The van der Waals surface area contributed by atoms with Crippen LogP contribution in [0.3, 0.4) is 0 Å². The van der Waals surface area contributed by atoms with Gasteiger partial charge in [0.05, 0.1) is 7.11 Å². The van der Waals surface area contributed by atoms with Crippen LogP contribution in [-0.2, 0) is 16.1 Å². The molecule has 1 saturated carbocycles. The van der Waals surface area contributed by atoms with E-state index in [-0.39, 0.29) is 12.0 Å². The number of rotatable bonds is 5. The molecule has 2 amide bonds. The predicted octanol–water partition coefficient (Wildman–Crippen LogP) is 2.32. The summed E-state index contributed by atoms with van der Waals surface area (Å²) in [6, 6.07) is 7.74. The number of hydrogen-bond acceptors (Lipinski definition) is 4. The lowest BCUT2D eigenvalue weighted by Gasteiger charge is -2.21. The number of ether oxygens (including phenoxy) is 1. The Kier molecular flexibility index (Phi) is 7.32. The van der Waals surface area contributed by atoms with Crippen molar-refractivity contribution in [2.45, 2.75) is 44.7 Å². The van der Waals surface area contributed by atoms with E-state index < -0.39 is 6.09 Å². The number of nitrogens with one attached hydrogen (secondary N) is 3. The number of aliphatic imine (C=N–C) groups is 1. The Morgan fingerprint density at radius 3 is 2.55 bits per heavy atom. The Bertz CT molecular complexity index is 728. The molecule has 3 N–H and O–H groups in total. The van der Waals surface area contributed by atoms with Crippen LogP contribution in [0.25, 0.3) is 0 Å². The summed E-state index contributed by atoms with van der Waals surface area (Å²) in [4.78, 5) is 30.1. The zero-order valence-corrected chi connectivity index (χ0v) is 17.2. The smallest absolute Gasteiger partial charge is 0.411 e. The van der Waals surface area contributed by atoms with Gasteiger partial charge in [0, 0.05) is 44.3 Å². The van der Waals surface area contributed by atoms with E-state index in [0.29, 0.717) is 18.1 Å². The van der Waals surface area contributed by atoms with Gasteiger partial charge in [-0.2, -0.15) is 0 Å². The molecular weight excluding hydrogens is 370 g/mol. The van der Waals surface area contributed by atoms with Gasteiger partial charge < -0.3 is 20.3 Å². The molecule has 1 aliphatic heterocycles. The Morgan fingerprint density at radius 2 is 1.90 bits per heavy atom. The number of carbonyl (C=O) groups is 2. The average molecular weight is 402 g/mol. The highest BCUT2D eigenvalue weighted by molar-refractivity contribution is 5.84. The van der Waals surface area contributed by atoms with Crippen molar-refractivity contribution < 1.29 is 14.3 Å². The molecule has 1 saturated heterocycles. The van der Waals surface area contributed by atoms with Gasteiger partial charge >= 0.3 is 6.09 Å². The molecule has 1 heterocycles. The van der Waals surface area contributed by atoms with Crippen molar-refractivity contribution in [2.24, 2.45) is 10.9 Å². The van der Waals surface area contributed by atoms with Gasteiger partial charge in [0.2, 0.25) is 5.91 Å². The van der Waals surface area contributed by atoms with Crippen LogP contribution in [0.5, 0.6) is 0 Å². The van der Waals surface area contributed by atoms with E-state index in [0.717, 1.165) is 43.9 Å². The first kappa shape index (κ1) is 21.0. The van der Waals surface area contributed by atoms with E-state index >= 15 is 0 Å². The molecule has 0 spiro atoms. The summed E-state index contributed by atoms with van der Waals surface area (Å²) in [5, 5.41) is 9.36. The van der Waals surface area contributed by atoms with Crippen molar-refractivity contribution in [3.63, 3.8) is 0 Å². The standard InChI is InChI=1S/C21H31N5O3/c1-22-20(23-13-15-7-9-17(10-8-15)25-21(28)29-2)24-18-11-12-26(14-18)19(27)16-5-3-4-6-16/h7-10,16,18H,3-6,11-14H2,1-2H3,(H,25,28)(H2,22,23,24). The summed E-state index contributed by atoms with van der Waals surface area (Å²) in [5.74, 6) is 1.29. The zero-order chi connectivity index (χ0) is 20.6. The molecule has 1 unspecified atom stereocenters. The number of guanidine groups is 1. The summed E-state index contributed by atoms with van der Waals surface area (Å²) >= 11 is 0. The van der Waals surface area contributed by atoms with Crippen molar-refractivity contribution in [1.82, 2.24) is 15.5 Å². The van der Waals surface area contributed by atoms with Crippen LogP contribution < -0.4 is 16.0 Å². The van der Waals surface area contributed by atoms with Crippen LogP contribution in [-0.4, -0.2) is 56.1 Å². The molecule has 1 aromatic carbocycles. The lowest BCUT2D eigenvalue weighted by Crippen LogP contribution is -2.45. The van der Waals surface area contributed by atoms with E-state index in [1.165, 1.54) is 20.0 Å². The third kappa shape index (κ3) is 5.85. The largest absolute Gasteiger partial charge is 0.453 e. The average Bonchev–Trinajstić information content (AvgIpc) is 3.44. The minimum atomic E-state index is -0.488. The first-order valence-electron chi connectivity index (χ1n) is 10.3. The number of hydrogen-bond donors (Lipinski definition) is 3. The highest BCUT2D eigenvalue weighted by atomic mass is 16.5. The van der Waals surface area contributed by atoms with Crippen LogP contribution >= 0.6 is 0 Å². The molecule has 0 bridgehead atoms. The third-order valence-corrected chi connectivity index (χ3v) is 5.61. The molecule has 1 atom stereocenters. The first-order valence-corrected chi connectivity index (χ1v) is 10.3. The molecule has 8 heteroatoms. The van der Waals surface area contributed by atoms with Crippen LogP contribution in [0.2, 0.25) is 0 Å². The number of nitrogens with zero attached hydrogens (tertiary/aromatic N) is 2. The SMILES string of the molecule is CN=C(NCc1ccc(NC(=O)OC)cc1)NC1CCN(C(=O)C2CCCC2)C1. The minimum absolute atomic E-state index is 0.221. The van der Waals surface area contributed by atoms with Crippen molar-refractivity contribution in [2.75, 3.05) is 32.6 Å². The van der Waals surface area contributed by atoms with Gasteiger partial charge in [0.1, 0.15) is 0 Å². The maximum absolute atomic E-state index is 12.6. The number of benzene rings is 1. The highest BCUT2D eigenvalue weighted by Gasteiger charge is 2.32. The van der Waals surface area contributed by atoms with Gasteiger partial charge in [0.25, 0.3) is 0 Å². The Morgan fingerprint density at radius 1 is 1.17 bits per heavy atom.